The fraction of sp³-hybridized carbons (Fsp3) is 0.588. The number of fused-ring (bicyclic) bond motifs is 2. The lowest BCUT2D eigenvalue weighted by molar-refractivity contribution is 0.00146. The maximum absolute atomic E-state index is 12.5. The van der Waals surface area contributed by atoms with Gasteiger partial charge in [-0.05, 0) is 12.1 Å². The fourth-order valence-electron chi connectivity index (χ4n) is 1.97. The second-order valence-corrected chi connectivity index (χ2v) is 7.20. The second-order valence-electron chi connectivity index (χ2n) is 4.92. The van der Waals surface area contributed by atoms with Crippen molar-refractivity contribution in [2.75, 3.05) is 64.4 Å². The van der Waals surface area contributed by atoms with Crippen LogP contribution in [-0.4, -0.2) is 64.4 Å². The van der Waals surface area contributed by atoms with Gasteiger partial charge in [0.25, 0.3) is 0 Å². The van der Waals surface area contributed by atoms with Crippen molar-refractivity contribution in [1.82, 2.24) is 0 Å². The zero-order valence-corrected chi connectivity index (χ0v) is 15.4. The number of ether oxygens (including phenoxy) is 4. The smallest absolute Gasteiger partial charge is 0.205 e. The minimum absolute atomic E-state index is 0.0829. The van der Waals surface area contributed by atoms with E-state index in [4.69, 9.17) is 18.9 Å². The van der Waals surface area contributed by atoms with Crippen LogP contribution in [0.1, 0.15) is 0 Å². The van der Waals surface area contributed by atoms with Gasteiger partial charge in [-0.1, -0.05) is 12.1 Å². The highest BCUT2D eigenvalue weighted by atomic mass is 32.2. The Balaban J connectivity index is 1.92. The Morgan fingerprint density at radius 1 is 0.625 bits per heavy atom. The van der Waals surface area contributed by atoms with Gasteiger partial charge in [0.05, 0.1) is 62.6 Å². The highest BCUT2D eigenvalue weighted by Gasteiger charge is 2.05. The first-order valence-electron chi connectivity index (χ1n) is 8.08. The van der Waals surface area contributed by atoms with Gasteiger partial charge in [0, 0.05) is 11.5 Å². The van der Waals surface area contributed by atoms with Crippen molar-refractivity contribution in [3.05, 3.63) is 34.5 Å². The van der Waals surface area contributed by atoms with Gasteiger partial charge >= 0.3 is 0 Å². The van der Waals surface area contributed by atoms with Crippen LogP contribution < -0.4 is 5.43 Å². The predicted molar refractivity (Wildman–Crippen MR) is 97.4 cm³/mol. The Hall–Kier alpha value is -0.570. The van der Waals surface area contributed by atoms with Gasteiger partial charge in [-0.3, -0.25) is 4.79 Å². The Bertz CT molecular complexity index is 483. The van der Waals surface area contributed by atoms with Gasteiger partial charge < -0.3 is 18.9 Å². The van der Waals surface area contributed by atoms with E-state index in [9.17, 15) is 4.79 Å². The van der Waals surface area contributed by atoms with Crippen LogP contribution in [0.15, 0.2) is 38.9 Å². The van der Waals surface area contributed by atoms with Crippen molar-refractivity contribution in [3.63, 3.8) is 0 Å². The third-order valence-electron chi connectivity index (χ3n) is 3.14. The predicted octanol–water partition coefficient (Wildman–Crippen LogP) is 2.31. The lowest BCUT2D eigenvalue weighted by Gasteiger charge is -2.07. The Morgan fingerprint density at radius 2 is 1.00 bits per heavy atom. The van der Waals surface area contributed by atoms with Crippen LogP contribution in [0.5, 0.6) is 0 Å². The topological polar surface area (TPSA) is 54.0 Å². The number of thioether (sulfide) groups is 2. The van der Waals surface area contributed by atoms with Gasteiger partial charge in [0.15, 0.2) is 0 Å². The zero-order valence-electron chi connectivity index (χ0n) is 13.7. The van der Waals surface area contributed by atoms with E-state index in [0.717, 1.165) is 21.3 Å². The van der Waals surface area contributed by atoms with Crippen molar-refractivity contribution in [3.8, 4) is 0 Å². The molecule has 0 saturated heterocycles. The summed E-state index contributed by atoms with van der Waals surface area (Å²) in [5.41, 5.74) is 0.0829. The van der Waals surface area contributed by atoms with Crippen LogP contribution in [0.25, 0.3) is 0 Å². The minimum Gasteiger partial charge on any atom is -0.378 e. The summed E-state index contributed by atoms with van der Waals surface area (Å²) in [7, 11) is 0. The van der Waals surface area contributed by atoms with E-state index in [1.54, 1.807) is 0 Å². The summed E-state index contributed by atoms with van der Waals surface area (Å²) in [5.74, 6) is 1.49. The number of rotatable bonds is 0. The third-order valence-corrected chi connectivity index (χ3v) is 5.15. The summed E-state index contributed by atoms with van der Waals surface area (Å²) in [5, 5.41) is 0. The van der Waals surface area contributed by atoms with Crippen LogP contribution in [0, 0.1) is 0 Å². The van der Waals surface area contributed by atoms with E-state index in [0.29, 0.717) is 52.9 Å². The molecule has 1 aromatic carbocycles. The summed E-state index contributed by atoms with van der Waals surface area (Å²) in [4.78, 5) is 14.1. The molecule has 0 N–H and O–H groups in total. The molecule has 0 fully saturated rings. The molecule has 0 amide bonds. The van der Waals surface area contributed by atoms with Crippen molar-refractivity contribution >= 4 is 23.5 Å². The second kappa shape index (κ2) is 12.7. The standard InChI is InChI=1S/C17H24O5S2/c18-17-15-3-1-2-4-16(17)24-14-12-22-10-8-20-6-5-19-7-9-21-11-13-23-15/h1-4H,5-14H2. The average Bonchev–Trinajstić information content (AvgIpc) is 2.76. The van der Waals surface area contributed by atoms with Crippen molar-refractivity contribution < 1.29 is 18.9 Å². The quantitative estimate of drug-likeness (QED) is 0.693. The molecule has 0 radical (unpaired) electrons. The fourth-order valence-corrected chi connectivity index (χ4v) is 3.71. The van der Waals surface area contributed by atoms with Crippen LogP contribution in [0.4, 0.5) is 0 Å². The highest BCUT2D eigenvalue weighted by molar-refractivity contribution is 8.00. The molecule has 1 aliphatic rings. The summed E-state index contributed by atoms with van der Waals surface area (Å²) >= 11 is 3.07. The first kappa shape index (κ1) is 19.8. The molecular weight excluding hydrogens is 348 g/mol. The monoisotopic (exact) mass is 372 g/mol. The molecule has 0 atom stereocenters. The molecule has 1 aromatic rings. The molecule has 0 aromatic heterocycles. The van der Waals surface area contributed by atoms with E-state index >= 15 is 0 Å². The molecule has 0 aliphatic carbocycles. The molecule has 2 bridgehead atoms. The SMILES string of the molecule is O=c1c2ccccc1SCCOCCOCCOCCOCCS2. The molecule has 0 unspecified atom stereocenters. The van der Waals surface area contributed by atoms with Crippen LogP contribution in [0.2, 0.25) is 0 Å². The Morgan fingerprint density at radius 3 is 1.42 bits per heavy atom. The zero-order chi connectivity index (χ0) is 16.9. The summed E-state index contributed by atoms with van der Waals surface area (Å²) in [6, 6.07) is 7.55. The van der Waals surface area contributed by atoms with Crippen molar-refractivity contribution in [1.29, 1.82) is 0 Å². The first-order valence-corrected chi connectivity index (χ1v) is 10.0. The van der Waals surface area contributed by atoms with Gasteiger partial charge in [0.2, 0.25) is 5.43 Å². The van der Waals surface area contributed by atoms with E-state index in [1.165, 1.54) is 23.5 Å². The maximum atomic E-state index is 12.5. The van der Waals surface area contributed by atoms with Crippen LogP contribution in [0.3, 0.4) is 0 Å². The van der Waals surface area contributed by atoms with Gasteiger partial charge in [0.1, 0.15) is 0 Å². The molecule has 24 heavy (non-hydrogen) atoms. The lowest BCUT2D eigenvalue weighted by atomic mass is 10.5. The van der Waals surface area contributed by atoms with Crippen LogP contribution in [-0.2, 0) is 18.9 Å². The highest BCUT2D eigenvalue weighted by Crippen LogP contribution is 2.18. The van der Waals surface area contributed by atoms with Gasteiger partial charge in [-0.25, -0.2) is 0 Å². The molecule has 7 heteroatoms. The normalized spacial score (nSPS) is 19.7. The van der Waals surface area contributed by atoms with Crippen molar-refractivity contribution in [2.24, 2.45) is 0 Å². The van der Waals surface area contributed by atoms with E-state index < -0.39 is 0 Å². The largest absolute Gasteiger partial charge is 0.378 e. The number of hydrogen-bond acceptors (Lipinski definition) is 7. The van der Waals surface area contributed by atoms with E-state index in [1.807, 2.05) is 24.3 Å². The lowest BCUT2D eigenvalue weighted by Crippen LogP contribution is -2.12. The molecule has 0 spiro atoms. The number of hydrogen-bond donors (Lipinski definition) is 0. The molecule has 1 heterocycles. The van der Waals surface area contributed by atoms with Gasteiger partial charge in [-0.15, -0.1) is 23.5 Å². The average molecular weight is 373 g/mol. The van der Waals surface area contributed by atoms with E-state index in [-0.39, 0.29) is 5.43 Å². The summed E-state index contributed by atoms with van der Waals surface area (Å²) < 4.78 is 21.9. The van der Waals surface area contributed by atoms with Crippen LogP contribution >= 0.6 is 23.5 Å². The molecule has 1 aliphatic heterocycles. The summed E-state index contributed by atoms with van der Waals surface area (Å²) in [6.45, 7) is 4.54. The molecule has 134 valence electrons. The molecule has 0 saturated carbocycles. The minimum atomic E-state index is 0.0829. The van der Waals surface area contributed by atoms with Crippen molar-refractivity contribution in [2.45, 2.75) is 9.79 Å². The maximum Gasteiger partial charge on any atom is 0.205 e. The Labute approximate surface area is 151 Å². The Kier molecular flexibility index (Phi) is 10.5. The molecule has 2 rings (SSSR count). The third kappa shape index (κ3) is 8.00. The molecular formula is C17H24O5S2. The van der Waals surface area contributed by atoms with Gasteiger partial charge in [-0.2, -0.15) is 0 Å². The summed E-state index contributed by atoms with van der Waals surface area (Å²) in [6.07, 6.45) is 0. The van der Waals surface area contributed by atoms with E-state index in [2.05, 4.69) is 0 Å². The first-order chi connectivity index (χ1) is 11.9. The molecule has 5 nitrogen and oxygen atoms in total.